The third-order valence-electron chi connectivity index (χ3n) is 4.98. The van der Waals surface area contributed by atoms with Crippen molar-refractivity contribution in [1.29, 1.82) is 0 Å². The number of benzene rings is 1. The van der Waals surface area contributed by atoms with Gasteiger partial charge in [-0.3, -0.25) is 14.4 Å². The molecule has 1 fully saturated rings. The predicted molar refractivity (Wildman–Crippen MR) is 98.5 cm³/mol. The molecule has 5 heteroatoms. The molecule has 0 saturated carbocycles. The number of nitrogens with zero attached hydrogens (tertiary/aromatic N) is 3. The maximum Gasteiger partial charge on any atom is 0.168 e. The van der Waals surface area contributed by atoms with Crippen LogP contribution in [0.4, 0.5) is 0 Å². The van der Waals surface area contributed by atoms with Crippen molar-refractivity contribution in [3.05, 3.63) is 47.3 Å². The van der Waals surface area contributed by atoms with Gasteiger partial charge < -0.3 is 0 Å². The fourth-order valence-electron chi connectivity index (χ4n) is 3.42. The fourth-order valence-corrected chi connectivity index (χ4v) is 4.02. The summed E-state index contributed by atoms with van der Waals surface area (Å²) >= 11 is 1.65. The van der Waals surface area contributed by atoms with Crippen molar-refractivity contribution >= 4 is 17.5 Å². The minimum atomic E-state index is 0.101. The molecule has 3 rings (SSSR count). The highest BCUT2D eigenvalue weighted by Gasteiger charge is 2.28. The van der Waals surface area contributed by atoms with E-state index in [9.17, 15) is 4.79 Å². The van der Waals surface area contributed by atoms with E-state index in [1.54, 1.807) is 11.8 Å². The quantitative estimate of drug-likeness (QED) is 0.615. The van der Waals surface area contributed by atoms with Crippen molar-refractivity contribution in [3.63, 3.8) is 0 Å². The molecule has 0 radical (unpaired) electrons. The Morgan fingerprint density at radius 3 is 2.88 bits per heavy atom. The normalized spacial score (nSPS) is 18.7. The van der Waals surface area contributed by atoms with Gasteiger partial charge in [-0.1, -0.05) is 18.2 Å². The number of carbonyl (C=O) groups excluding carboxylic acids is 1. The fraction of sp³-hybridized carbons (Fsp3) is 0.474. The van der Waals surface area contributed by atoms with Crippen LogP contribution in [0, 0.1) is 12.8 Å². The molecule has 0 aliphatic carbocycles. The first-order valence-corrected chi connectivity index (χ1v) is 9.69. The maximum atomic E-state index is 13.0. The van der Waals surface area contributed by atoms with E-state index in [0.717, 1.165) is 42.9 Å². The number of thioether (sulfide) groups is 1. The molecule has 2 aromatic rings. The van der Waals surface area contributed by atoms with Crippen LogP contribution in [0.15, 0.2) is 35.4 Å². The second-order valence-electron chi connectivity index (χ2n) is 6.52. The van der Waals surface area contributed by atoms with E-state index in [1.165, 1.54) is 11.3 Å². The lowest BCUT2D eigenvalue weighted by molar-refractivity contribution is 0.0808. The number of piperidine rings is 1. The van der Waals surface area contributed by atoms with Crippen LogP contribution in [-0.2, 0) is 13.6 Å². The van der Waals surface area contributed by atoms with Crippen LogP contribution in [0.5, 0.6) is 0 Å². The van der Waals surface area contributed by atoms with Crippen LogP contribution in [-0.4, -0.2) is 39.8 Å². The zero-order valence-electron chi connectivity index (χ0n) is 14.7. The molecule has 1 aliphatic rings. The highest BCUT2D eigenvalue weighted by molar-refractivity contribution is 7.98. The lowest BCUT2D eigenvalue weighted by Crippen LogP contribution is -2.38. The molecule has 1 unspecified atom stereocenters. The molecule has 24 heavy (non-hydrogen) atoms. The van der Waals surface area contributed by atoms with Crippen LogP contribution < -0.4 is 0 Å². The van der Waals surface area contributed by atoms with E-state index in [1.807, 2.05) is 48.4 Å². The standard InChI is InChI=1S/C19H25N3OS/c1-14-16(11-20-21(14)2)13-22-10-6-7-15(12-22)19(23)17-8-4-5-9-18(17)24-3/h4-5,8-9,11,15H,6-7,10,12-13H2,1-3H3. The number of carbonyl (C=O) groups is 1. The van der Waals surface area contributed by atoms with Gasteiger partial charge in [-0.15, -0.1) is 11.8 Å². The first kappa shape index (κ1) is 17.2. The molecule has 1 saturated heterocycles. The average Bonchev–Trinajstić information content (AvgIpc) is 2.93. The van der Waals surface area contributed by atoms with Gasteiger partial charge in [-0.25, -0.2) is 0 Å². The molecule has 0 N–H and O–H groups in total. The Balaban J connectivity index is 1.71. The number of hydrogen-bond acceptors (Lipinski definition) is 4. The minimum Gasteiger partial charge on any atom is -0.298 e. The molecule has 4 nitrogen and oxygen atoms in total. The molecule has 128 valence electrons. The summed E-state index contributed by atoms with van der Waals surface area (Å²) in [5.74, 6) is 0.400. The van der Waals surface area contributed by atoms with Crippen molar-refractivity contribution in [2.75, 3.05) is 19.3 Å². The van der Waals surface area contributed by atoms with Gasteiger partial charge in [0.05, 0.1) is 6.20 Å². The molecule has 0 amide bonds. The lowest BCUT2D eigenvalue weighted by Gasteiger charge is -2.32. The van der Waals surface area contributed by atoms with E-state index < -0.39 is 0 Å². The smallest absolute Gasteiger partial charge is 0.168 e. The summed E-state index contributed by atoms with van der Waals surface area (Å²) in [7, 11) is 1.97. The Labute approximate surface area is 148 Å². The van der Waals surface area contributed by atoms with Gasteiger partial charge in [-0.05, 0) is 38.6 Å². The zero-order valence-corrected chi connectivity index (χ0v) is 15.5. The average molecular weight is 343 g/mol. The van der Waals surface area contributed by atoms with Gasteiger partial charge in [0, 0.05) is 47.8 Å². The Hall–Kier alpha value is -1.59. The molecule has 0 spiro atoms. The van der Waals surface area contributed by atoms with Crippen LogP contribution in [0.25, 0.3) is 0 Å². The summed E-state index contributed by atoms with van der Waals surface area (Å²) in [6.07, 6.45) is 6.05. The molecule has 0 bridgehead atoms. The summed E-state index contributed by atoms with van der Waals surface area (Å²) in [4.78, 5) is 16.5. The molecular weight excluding hydrogens is 318 g/mol. The zero-order chi connectivity index (χ0) is 17.1. The van der Waals surface area contributed by atoms with Crippen molar-refractivity contribution in [2.24, 2.45) is 13.0 Å². The van der Waals surface area contributed by atoms with Gasteiger partial charge in [0.1, 0.15) is 0 Å². The number of likely N-dealkylation sites (tertiary alicyclic amines) is 1. The van der Waals surface area contributed by atoms with Crippen molar-refractivity contribution < 1.29 is 4.79 Å². The number of rotatable bonds is 5. The van der Waals surface area contributed by atoms with E-state index in [0.29, 0.717) is 5.78 Å². The third kappa shape index (κ3) is 3.57. The monoisotopic (exact) mass is 343 g/mol. The Bertz CT molecular complexity index is 725. The predicted octanol–water partition coefficient (Wildman–Crippen LogP) is 3.55. The number of aromatic nitrogens is 2. The summed E-state index contributed by atoms with van der Waals surface area (Å²) in [6.45, 7) is 4.88. The Kier molecular flexibility index (Phi) is 5.41. The number of aryl methyl sites for hydroxylation is 1. The summed E-state index contributed by atoms with van der Waals surface area (Å²) < 4.78 is 1.91. The van der Waals surface area contributed by atoms with Crippen LogP contribution >= 0.6 is 11.8 Å². The third-order valence-corrected chi connectivity index (χ3v) is 5.78. The SMILES string of the molecule is CSc1ccccc1C(=O)C1CCCN(Cc2cnn(C)c2C)C1. The van der Waals surface area contributed by atoms with Crippen molar-refractivity contribution in [2.45, 2.75) is 31.2 Å². The molecular formula is C19H25N3OS. The Morgan fingerprint density at radius 2 is 2.17 bits per heavy atom. The van der Waals surface area contributed by atoms with Gasteiger partial charge in [0.2, 0.25) is 0 Å². The summed E-state index contributed by atoms with van der Waals surface area (Å²) in [5, 5.41) is 4.33. The number of hydrogen-bond donors (Lipinski definition) is 0. The Morgan fingerprint density at radius 1 is 1.38 bits per heavy atom. The number of Topliss-reactive ketones (excluding diaryl/α,β-unsaturated/α-hetero) is 1. The summed E-state index contributed by atoms with van der Waals surface area (Å²) in [6, 6.07) is 7.98. The topological polar surface area (TPSA) is 38.1 Å². The van der Waals surface area contributed by atoms with Gasteiger partial charge in [0.25, 0.3) is 0 Å². The number of ketones is 1. The molecule has 1 atom stereocenters. The van der Waals surface area contributed by atoms with E-state index in [-0.39, 0.29) is 5.92 Å². The second-order valence-corrected chi connectivity index (χ2v) is 7.37. The molecule has 2 heterocycles. The van der Waals surface area contributed by atoms with E-state index in [4.69, 9.17) is 0 Å². The highest BCUT2D eigenvalue weighted by Crippen LogP contribution is 2.27. The van der Waals surface area contributed by atoms with Gasteiger partial charge in [-0.2, -0.15) is 5.10 Å². The first-order chi connectivity index (χ1) is 11.6. The van der Waals surface area contributed by atoms with Crippen LogP contribution in [0.2, 0.25) is 0 Å². The first-order valence-electron chi connectivity index (χ1n) is 8.47. The second kappa shape index (κ2) is 7.53. The van der Waals surface area contributed by atoms with Crippen molar-refractivity contribution in [1.82, 2.24) is 14.7 Å². The highest BCUT2D eigenvalue weighted by atomic mass is 32.2. The maximum absolute atomic E-state index is 13.0. The van der Waals surface area contributed by atoms with E-state index >= 15 is 0 Å². The lowest BCUT2D eigenvalue weighted by atomic mass is 9.90. The molecule has 1 aromatic carbocycles. The van der Waals surface area contributed by atoms with Crippen LogP contribution in [0.1, 0.15) is 34.5 Å². The minimum absolute atomic E-state index is 0.101. The summed E-state index contributed by atoms with van der Waals surface area (Å²) in [5.41, 5.74) is 3.35. The van der Waals surface area contributed by atoms with Gasteiger partial charge >= 0.3 is 0 Å². The largest absolute Gasteiger partial charge is 0.298 e. The van der Waals surface area contributed by atoms with Crippen molar-refractivity contribution in [3.8, 4) is 0 Å². The van der Waals surface area contributed by atoms with E-state index in [2.05, 4.69) is 16.9 Å². The van der Waals surface area contributed by atoms with Gasteiger partial charge in [0.15, 0.2) is 5.78 Å². The van der Waals surface area contributed by atoms with Crippen LogP contribution in [0.3, 0.4) is 0 Å². The molecule has 1 aliphatic heterocycles. The molecule has 1 aromatic heterocycles.